The van der Waals surface area contributed by atoms with E-state index in [1.165, 1.54) is 15.9 Å². The summed E-state index contributed by atoms with van der Waals surface area (Å²) in [5.41, 5.74) is 4.77. The van der Waals surface area contributed by atoms with E-state index >= 15 is 0 Å². The molecule has 0 aliphatic rings. The van der Waals surface area contributed by atoms with Crippen LogP contribution in [0.3, 0.4) is 0 Å². The molecule has 0 atom stereocenters. The van der Waals surface area contributed by atoms with Gasteiger partial charge in [0.1, 0.15) is 11.2 Å². The van der Waals surface area contributed by atoms with E-state index in [4.69, 9.17) is 0 Å². The lowest BCUT2D eigenvalue weighted by molar-refractivity contribution is -0.116. The van der Waals surface area contributed by atoms with Crippen LogP contribution in [0.5, 0.6) is 0 Å². The van der Waals surface area contributed by atoms with Crippen molar-refractivity contribution in [3.8, 4) is 5.69 Å². The Balaban J connectivity index is 1.82. The molecule has 0 spiro atoms. The first kappa shape index (κ1) is 21.8. The van der Waals surface area contributed by atoms with Gasteiger partial charge in [0.2, 0.25) is 5.91 Å². The lowest BCUT2D eigenvalue weighted by Crippen LogP contribution is -2.40. The zero-order chi connectivity index (χ0) is 23.0. The number of thiophene rings is 1. The van der Waals surface area contributed by atoms with Gasteiger partial charge in [0.05, 0.1) is 11.2 Å². The number of carbonyl (C=O) groups excluding carboxylic acids is 1. The fraction of sp³-hybridized carbons (Fsp3) is 0.240. The van der Waals surface area contributed by atoms with Crippen LogP contribution in [0, 0.1) is 20.8 Å². The van der Waals surface area contributed by atoms with Crippen LogP contribution in [0.1, 0.15) is 29.2 Å². The fourth-order valence-electron chi connectivity index (χ4n) is 4.07. The number of para-hydroxylation sites is 1. The zero-order valence-corrected chi connectivity index (χ0v) is 19.4. The van der Waals surface area contributed by atoms with Crippen LogP contribution in [-0.2, 0) is 17.8 Å². The molecule has 0 saturated carbocycles. The lowest BCUT2D eigenvalue weighted by Gasteiger charge is -2.15. The van der Waals surface area contributed by atoms with Gasteiger partial charge in [-0.1, -0.05) is 31.2 Å². The smallest absolute Gasteiger partial charge is 0.324 e. The summed E-state index contributed by atoms with van der Waals surface area (Å²) in [7, 11) is 0. The summed E-state index contributed by atoms with van der Waals surface area (Å²) >= 11 is 1.27. The minimum Gasteiger partial charge on any atom is -0.324 e. The first-order valence-corrected chi connectivity index (χ1v) is 11.4. The lowest BCUT2D eigenvalue weighted by atomic mass is 10.1. The van der Waals surface area contributed by atoms with Gasteiger partial charge in [-0.2, -0.15) is 0 Å². The SMILES string of the molecule is CCc1cccc(C)c1NC(=O)Cn1c(=O)n(-c2cc(C)cc(C)c2)c(=O)c2sccc21. The van der Waals surface area contributed by atoms with Crippen molar-refractivity contribution in [2.45, 2.75) is 40.7 Å². The molecule has 1 N–H and O–H groups in total. The van der Waals surface area contributed by atoms with Crippen LogP contribution in [0.2, 0.25) is 0 Å². The molecule has 164 valence electrons. The highest BCUT2D eigenvalue weighted by atomic mass is 32.1. The molecule has 1 amide bonds. The Bertz CT molecular complexity index is 1440. The summed E-state index contributed by atoms with van der Waals surface area (Å²) in [6.07, 6.45) is 0.781. The van der Waals surface area contributed by atoms with E-state index in [1.54, 1.807) is 23.6 Å². The number of nitrogens with one attached hydrogen (secondary N) is 1. The number of rotatable bonds is 5. The van der Waals surface area contributed by atoms with Crippen molar-refractivity contribution in [3.63, 3.8) is 0 Å². The van der Waals surface area contributed by atoms with Gasteiger partial charge in [-0.25, -0.2) is 9.36 Å². The third kappa shape index (κ3) is 3.91. The van der Waals surface area contributed by atoms with Gasteiger partial charge in [0, 0.05) is 5.69 Å². The summed E-state index contributed by atoms with van der Waals surface area (Å²) in [6, 6.07) is 13.2. The molecule has 0 bridgehead atoms. The Kier molecular flexibility index (Phi) is 5.84. The molecular weight excluding hydrogens is 422 g/mol. The van der Waals surface area contributed by atoms with Crippen LogP contribution in [0.25, 0.3) is 15.9 Å². The number of carbonyl (C=O) groups is 1. The van der Waals surface area contributed by atoms with Gasteiger partial charge in [0.25, 0.3) is 5.56 Å². The number of hydrogen-bond acceptors (Lipinski definition) is 4. The second-order valence-electron chi connectivity index (χ2n) is 8.00. The van der Waals surface area contributed by atoms with E-state index < -0.39 is 5.69 Å². The summed E-state index contributed by atoms with van der Waals surface area (Å²) < 4.78 is 2.99. The van der Waals surface area contributed by atoms with Crippen molar-refractivity contribution in [1.82, 2.24) is 9.13 Å². The molecular formula is C25H25N3O3S. The summed E-state index contributed by atoms with van der Waals surface area (Å²) in [5.74, 6) is -0.311. The van der Waals surface area contributed by atoms with Crippen molar-refractivity contribution < 1.29 is 4.79 Å². The maximum Gasteiger partial charge on any atom is 0.336 e. The number of anilines is 1. The van der Waals surface area contributed by atoms with Crippen LogP contribution in [0.4, 0.5) is 5.69 Å². The minimum absolute atomic E-state index is 0.186. The summed E-state index contributed by atoms with van der Waals surface area (Å²) in [5, 5.41) is 4.74. The first-order valence-electron chi connectivity index (χ1n) is 10.5. The highest BCUT2D eigenvalue weighted by Gasteiger charge is 2.18. The van der Waals surface area contributed by atoms with Gasteiger partial charge >= 0.3 is 5.69 Å². The van der Waals surface area contributed by atoms with Crippen molar-refractivity contribution in [1.29, 1.82) is 0 Å². The van der Waals surface area contributed by atoms with Gasteiger partial charge in [-0.05, 0) is 73.0 Å². The van der Waals surface area contributed by atoms with Crippen LogP contribution in [0.15, 0.2) is 57.4 Å². The molecule has 4 aromatic rings. The number of aryl methyl sites for hydroxylation is 4. The Morgan fingerprint density at radius 3 is 2.44 bits per heavy atom. The molecule has 2 aromatic heterocycles. The predicted molar refractivity (Wildman–Crippen MR) is 130 cm³/mol. The number of benzene rings is 2. The maximum atomic E-state index is 13.5. The Hall–Kier alpha value is -3.45. The molecule has 0 saturated heterocycles. The molecule has 0 fully saturated rings. The minimum atomic E-state index is -0.526. The average Bonchev–Trinajstić information content (AvgIpc) is 3.22. The van der Waals surface area contributed by atoms with Crippen LogP contribution >= 0.6 is 11.3 Å². The Morgan fingerprint density at radius 1 is 1.03 bits per heavy atom. The van der Waals surface area contributed by atoms with Crippen molar-refractivity contribution in [2.75, 3.05) is 5.32 Å². The first-order chi connectivity index (χ1) is 15.3. The quantitative estimate of drug-likeness (QED) is 0.495. The van der Waals surface area contributed by atoms with E-state index in [0.29, 0.717) is 15.9 Å². The number of amides is 1. The van der Waals surface area contributed by atoms with E-state index in [-0.39, 0.29) is 18.0 Å². The average molecular weight is 448 g/mol. The van der Waals surface area contributed by atoms with Crippen LogP contribution in [-0.4, -0.2) is 15.0 Å². The molecule has 6 nitrogen and oxygen atoms in total. The number of hydrogen-bond donors (Lipinski definition) is 1. The second-order valence-corrected chi connectivity index (χ2v) is 8.92. The van der Waals surface area contributed by atoms with Gasteiger partial charge in [-0.15, -0.1) is 11.3 Å². The van der Waals surface area contributed by atoms with Gasteiger partial charge in [-0.3, -0.25) is 14.2 Å². The summed E-state index contributed by atoms with van der Waals surface area (Å²) in [6.45, 7) is 7.63. The number of fused-ring (bicyclic) bond motifs is 1. The van der Waals surface area contributed by atoms with E-state index in [9.17, 15) is 14.4 Å². The van der Waals surface area contributed by atoms with Gasteiger partial charge < -0.3 is 5.32 Å². The predicted octanol–water partition coefficient (Wildman–Crippen LogP) is 4.34. The molecule has 2 heterocycles. The highest BCUT2D eigenvalue weighted by Crippen LogP contribution is 2.22. The highest BCUT2D eigenvalue weighted by molar-refractivity contribution is 7.17. The second kappa shape index (κ2) is 8.59. The van der Waals surface area contributed by atoms with E-state index in [1.807, 2.05) is 52.0 Å². The van der Waals surface area contributed by atoms with Crippen LogP contribution < -0.4 is 16.6 Å². The molecule has 0 aliphatic heterocycles. The topological polar surface area (TPSA) is 73.1 Å². The van der Waals surface area contributed by atoms with E-state index in [2.05, 4.69) is 5.32 Å². The monoisotopic (exact) mass is 447 g/mol. The van der Waals surface area contributed by atoms with Crippen molar-refractivity contribution in [3.05, 3.63) is 90.9 Å². The molecule has 0 radical (unpaired) electrons. The number of nitrogens with zero attached hydrogens (tertiary/aromatic N) is 2. The summed E-state index contributed by atoms with van der Waals surface area (Å²) in [4.78, 5) is 39.6. The standard InChI is InChI=1S/C25H25N3O3S/c1-5-18-8-6-7-17(4)22(18)26-21(29)14-27-20-9-10-32-23(20)24(30)28(25(27)31)19-12-15(2)11-16(3)13-19/h6-13H,5,14H2,1-4H3,(H,26,29). The van der Waals surface area contributed by atoms with Crippen molar-refractivity contribution >= 4 is 33.1 Å². The molecule has 4 rings (SSSR count). The third-order valence-corrected chi connectivity index (χ3v) is 6.42. The molecule has 2 aromatic carbocycles. The fourth-order valence-corrected chi connectivity index (χ4v) is 4.90. The largest absolute Gasteiger partial charge is 0.336 e. The zero-order valence-electron chi connectivity index (χ0n) is 18.6. The number of aromatic nitrogens is 2. The molecule has 32 heavy (non-hydrogen) atoms. The van der Waals surface area contributed by atoms with Gasteiger partial charge in [0.15, 0.2) is 0 Å². The molecule has 0 aliphatic carbocycles. The van der Waals surface area contributed by atoms with Crippen molar-refractivity contribution in [2.24, 2.45) is 0 Å². The maximum absolute atomic E-state index is 13.5. The third-order valence-electron chi connectivity index (χ3n) is 5.53. The normalized spacial score (nSPS) is 11.1. The Labute approximate surface area is 189 Å². The Morgan fingerprint density at radius 2 is 1.75 bits per heavy atom. The molecule has 7 heteroatoms. The van der Waals surface area contributed by atoms with E-state index in [0.717, 1.165) is 38.9 Å². The molecule has 0 unspecified atom stereocenters.